The largest absolute Gasteiger partial charge is 0.465 e. The molecule has 1 aromatic heterocycles. The van der Waals surface area contributed by atoms with Crippen molar-refractivity contribution in [3.8, 4) is 11.1 Å². The van der Waals surface area contributed by atoms with E-state index in [1.807, 2.05) is 19.1 Å². The average Bonchev–Trinajstić information content (AvgIpc) is 2.81. The van der Waals surface area contributed by atoms with Gasteiger partial charge in [0.1, 0.15) is 5.82 Å². The van der Waals surface area contributed by atoms with E-state index in [-0.39, 0.29) is 11.7 Å². The zero-order valence-electron chi connectivity index (χ0n) is 17.7. The minimum atomic E-state index is -0.398. The summed E-state index contributed by atoms with van der Waals surface area (Å²) in [7, 11) is 1.33. The summed E-state index contributed by atoms with van der Waals surface area (Å²) in [6, 6.07) is 14.2. The summed E-state index contributed by atoms with van der Waals surface area (Å²) in [6.07, 6.45) is 0.673. The molecule has 3 rings (SSSR count). The van der Waals surface area contributed by atoms with Crippen molar-refractivity contribution in [1.29, 1.82) is 0 Å². The van der Waals surface area contributed by atoms with Gasteiger partial charge in [-0.05, 0) is 41.8 Å². The molecule has 0 atom stereocenters. The van der Waals surface area contributed by atoms with Gasteiger partial charge < -0.3 is 15.8 Å². The maximum absolute atomic E-state index is 12.3. The molecule has 0 radical (unpaired) electrons. The molecule has 1 heterocycles. The molecule has 0 saturated heterocycles. The number of rotatable bonds is 8. The number of ether oxygens (including phenoxy) is 1. The number of anilines is 1. The lowest BCUT2D eigenvalue weighted by molar-refractivity contribution is -0.118. The number of nitrogens with one attached hydrogen (secondary N) is 1. The van der Waals surface area contributed by atoms with E-state index in [9.17, 15) is 9.59 Å². The van der Waals surface area contributed by atoms with Crippen molar-refractivity contribution in [1.82, 2.24) is 15.3 Å². The summed E-state index contributed by atoms with van der Waals surface area (Å²) in [5, 5.41) is 3.94. The summed E-state index contributed by atoms with van der Waals surface area (Å²) >= 11 is 7.20. The maximum atomic E-state index is 12.3. The van der Waals surface area contributed by atoms with Gasteiger partial charge in [-0.3, -0.25) is 4.79 Å². The number of carbonyl (C=O) groups excluding carboxylic acids is 2. The van der Waals surface area contributed by atoms with Gasteiger partial charge in [0.25, 0.3) is 0 Å². The number of halogens is 1. The average molecular weight is 471 g/mol. The summed E-state index contributed by atoms with van der Waals surface area (Å²) in [5.41, 5.74) is 10.1. The molecule has 2 aromatic carbocycles. The number of nitrogens with zero attached hydrogens (tertiary/aromatic N) is 2. The van der Waals surface area contributed by atoms with Crippen molar-refractivity contribution >= 4 is 41.1 Å². The third-order valence-corrected chi connectivity index (χ3v) is 5.76. The molecule has 0 aliphatic carbocycles. The van der Waals surface area contributed by atoms with Gasteiger partial charge in [0.15, 0.2) is 5.16 Å². The number of benzene rings is 2. The minimum Gasteiger partial charge on any atom is -0.465 e. The van der Waals surface area contributed by atoms with Gasteiger partial charge in [-0.25, -0.2) is 14.8 Å². The van der Waals surface area contributed by atoms with Gasteiger partial charge in [-0.1, -0.05) is 54.6 Å². The minimum absolute atomic E-state index is 0.156. The monoisotopic (exact) mass is 470 g/mol. The second kappa shape index (κ2) is 11.0. The Morgan fingerprint density at radius 1 is 1.09 bits per heavy atom. The van der Waals surface area contributed by atoms with Crippen LogP contribution in [0.25, 0.3) is 11.1 Å². The van der Waals surface area contributed by atoms with Crippen LogP contribution in [0.4, 0.5) is 5.82 Å². The molecule has 32 heavy (non-hydrogen) atoms. The topological polar surface area (TPSA) is 107 Å². The second-order valence-electron chi connectivity index (χ2n) is 6.83. The number of aryl methyl sites for hydroxylation is 1. The van der Waals surface area contributed by atoms with E-state index in [0.29, 0.717) is 34.5 Å². The van der Waals surface area contributed by atoms with Crippen LogP contribution in [-0.4, -0.2) is 34.7 Å². The quantitative estimate of drug-likeness (QED) is 0.289. The van der Waals surface area contributed by atoms with Crippen LogP contribution in [0.1, 0.15) is 28.5 Å². The standard InChI is InChI=1S/C23H23ClN4O3S/c1-3-18-20(15-8-10-17(24)11-9-15)21(25)28-23(27-18)32-13-19(29)26-12-14-4-6-16(7-5-14)22(30)31-2/h4-11H,3,12-13H2,1-2H3,(H,26,29)(H2,25,27,28). The Kier molecular flexibility index (Phi) is 8.08. The highest BCUT2D eigenvalue weighted by Crippen LogP contribution is 2.31. The van der Waals surface area contributed by atoms with Crippen LogP contribution in [-0.2, 0) is 22.5 Å². The molecule has 0 unspecified atom stereocenters. The molecule has 1 amide bonds. The van der Waals surface area contributed by atoms with Crippen molar-refractivity contribution in [2.75, 3.05) is 18.6 Å². The normalized spacial score (nSPS) is 10.6. The Morgan fingerprint density at radius 2 is 1.78 bits per heavy atom. The Hall–Kier alpha value is -3.10. The molecule has 0 fully saturated rings. The SMILES string of the molecule is CCc1nc(SCC(=O)NCc2ccc(C(=O)OC)cc2)nc(N)c1-c1ccc(Cl)cc1. The van der Waals surface area contributed by atoms with Crippen LogP contribution >= 0.6 is 23.4 Å². The fraction of sp³-hybridized carbons (Fsp3) is 0.217. The number of hydrogen-bond acceptors (Lipinski definition) is 7. The smallest absolute Gasteiger partial charge is 0.337 e. The van der Waals surface area contributed by atoms with E-state index in [4.69, 9.17) is 17.3 Å². The number of methoxy groups -OCH3 is 1. The highest BCUT2D eigenvalue weighted by Gasteiger charge is 2.15. The first kappa shape index (κ1) is 23.6. The highest BCUT2D eigenvalue weighted by molar-refractivity contribution is 7.99. The molecule has 0 bridgehead atoms. The zero-order valence-corrected chi connectivity index (χ0v) is 19.3. The first-order valence-corrected chi connectivity index (χ1v) is 11.3. The molecule has 0 aliphatic rings. The molecule has 7 nitrogen and oxygen atoms in total. The van der Waals surface area contributed by atoms with Crippen molar-refractivity contribution in [2.45, 2.75) is 25.0 Å². The lowest BCUT2D eigenvalue weighted by Gasteiger charge is -2.12. The molecular formula is C23H23ClN4O3S. The second-order valence-corrected chi connectivity index (χ2v) is 8.21. The van der Waals surface area contributed by atoms with Gasteiger partial charge in [-0.15, -0.1) is 0 Å². The van der Waals surface area contributed by atoms with E-state index in [0.717, 1.165) is 22.4 Å². The molecule has 166 valence electrons. The van der Waals surface area contributed by atoms with Crippen molar-refractivity contribution in [3.63, 3.8) is 0 Å². The lowest BCUT2D eigenvalue weighted by atomic mass is 10.0. The molecular weight excluding hydrogens is 448 g/mol. The summed E-state index contributed by atoms with van der Waals surface area (Å²) in [4.78, 5) is 32.7. The number of carbonyl (C=O) groups is 2. The molecule has 0 saturated carbocycles. The molecule has 3 N–H and O–H groups in total. The van der Waals surface area contributed by atoms with Gasteiger partial charge in [0.2, 0.25) is 5.91 Å². The third kappa shape index (κ3) is 5.99. The number of esters is 1. The number of hydrogen-bond donors (Lipinski definition) is 2. The van der Waals surface area contributed by atoms with Crippen molar-refractivity contribution in [3.05, 3.63) is 70.4 Å². The first-order chi connectivity index (χ1) is 15.4. The summed E-state index contributed by atoms with van der Waals surface area (Å²) < 4.78 is 4.67. The van der Waals surface area contributed by atoms with E-state index in [1.165, 1.54) is 18.9 Å². The molecule has 3 aromatic rings. The van der Waals surface area contributed by atoms with E-state index in [1.54, 1.807) is 36.4 Å². The summed E-state index contributed by atoms with van der Waals surface area (Å²) in [5.74, 6) is -0.0324. The first-order valence-electron chi connectivity index (χ1n) is 9.90. The van der Waals surface area contributed by atoms with Gasteiger partial charge in [0, 0.05) is 17.1 Å². The van der Waals surface area contributed by atoms with Crippen LogP contribution in [0.5, 0.6) is 0 Å². The van der Waals surface area contributed by atoms with Crippen molar-refractivity contribution in [2.24, 2.45) is 0 Å². The van der Waals surface area contributed by atoms with Crippen LogP contribution in [0, 0.1) is 0 Å². The third-order valence-electron chi connectivity index (χ3n) is 4.66. The van der Waals surface area contributed by atoms with Gasteiger partial charge in [-0.2, -0.15) is 0 Å². The zero-order chi connectivity index (χ0) is 23.1. The van der Waals surface area contributed by atoms with E-state index in [2.05, 4.69) is 20.0 Å². The predicted molar refractivity (Wildman–Crippen MR) is 127 cm³/mol. The van der Waals surface area contributed by atoms with Crippen LogP contribution in [0.15, 0.2) is 53.7 Å². The lowest BCUT2D eigenvalue weighted by Crippen LogP contribution is -2.24. The Labute approximate surface area is 195 Å². The molecule has 0 spiro atoms. The maximum Gasteiger partial charge on any atom is 0.337 e. The van der Waals surface area contributed by atoms with Crippen LogP contribution < -0.4 is 11.1 Å². The van der Waals surface area contributed by atoms with Crippen LogP contribution in [0.2, 0.25) is 5.02 Å². The number of aromatic nitrogens is 2. The Bertz CT molecular complexity index is 1110. The van der Waals surface area contributed by atoms with Crippen molar-refractivity contribution < 1.29 is 14.3 Å². The van der Waals surface area contributed by atoms with E-state index < -0.39 is 5.97 Å². The van der Waals surface area contributed by atoms with Gasteiger partial charge in [0.05, 0.1) is 24.1 Å². The highest BCUT2D eigenvalue weighted by atomic mass is 35.5. The predicted octanol–water partition coefficient (Wildman–Crippen LogP) is 4.14. The number of nitrogen functional groups attached to an aromatic ring is 1. The Morgan fingerprint density at radius 3 is 2.41 bits per heavy atom. The summed E-state index contributed by atoms with van der Waals surface area (Å²) in [6.45, 7) is 2.34. The van der Waals surface area contributed by atoms with E-state index >= 15 is 0 Å². The molecule has 0 aliphatic heterocycles. The number of thioether (sulfide) groups is 1. The molecule has 9 heteroatoms. The fourth-order valence-electron chi connectivity index (χ4n) is 3.01. The van der Waals surface area contributed by atoms with Crippen LogP contribution in [0.3, 0.4) is 0 Å². The van der Waals surface area contributed by atoms with Gasteiger partial charge >= 0.3 is 5.97 Å². The number of amides is 1. The number of nitrogens with two attached hydrogens (primary N) is 1. The Balaban J connectivity index is 1.60. The fourth-order valence-corrected chi connectivity index (χ4v) is 3.84.